The van der Waals surface area contributed by atoms with Crippen molar-refractivity contribution in [3.05, 3.63) is 11.1 Å². The van der Waals surface area contributed by atoms with Gasteiger partial charge in [-0.3, -0.25) is 4.79 Å². The van der Waals surface area contributed by atoms with Crippen molar-refractivity contribution in [3.63, 3.8) is 0 Å². The van der Waals surface area contributed by atoms with Crippen LogP contribution in [0.15, 0.2) is 9.72 Å². The zero-order valence-corrected chi connectivity index (χ0v) is 16.6. The number of hydrogen-bond donors (Lipinski definition) is 1. The van der Waals surface area contributed by atoms with Crippen LogP contribution >= 0.6 is 23.1 Å². The lowest BCUT2D eigenvalue weighted by Crippen LogP contribution is -2.43. The summed E-state index contributed by atoms with van der Waals surface area (Å²) in [7, 11) is 0. The number of amides is 1. The van der Waals surface area contributed by atoms with E-state index >= 15 is 0 Å². The first-order chi connectivity index (χ1) is 12.0. The van der Waals surface area contributed by atoms with Crippen LogP contribution in [0.4, 0.5) is 0 Å². The lowest BCUT2D eigenvalue weighted by atomic mass is 10.2. The smallest absolute Gasteiger partial charge is 0.355 e. The number of aromatic carboxylic acids is 1. The fraction of sp³-hybridized carbons (Fsp3) is 0.706. The van der Waals surface area contributed by atoms with Gasteiger partial charge in [-0.2, -0.15) is 0 Å². The average molecular weight is 386 g/mol. The molecule has 1 aliphatic heterocycles. The Morgan fingerprint density at radius 1 is 1.44 bits per heavy atom. The van der Waals surface area contributed by atoms with Crippen LogP contribution in [-0.4, -0.2) is 69.7 Å². The van der Waals surface area contributed by atoms with Crippen LogP contribution < -0.4 is 0 Å². The topological polar surface area (TPSA) is 73.7 Å². The van der Waals surface area contributed by atoms with E-state index in [2.05, 4.69) is 23.7 Å². The highest BCUT2D eigenvalue weighted by Gasteiger charge is 2.31. The van der Waals surface area contributed by atoms with E-state index in [1.165, 1.54) is 23.1 Å². The standard InChI is InChI=1S/C17H27N3O3S2/c1-3-7-19(8-4-2)11-13-5-6-15(21)20(13)9-10-24-17-18-14(12-25-17)16(22)23/h12-13H,3-11H2,1-2H3,(H,22,23)/t13-/m1/s1. The minimum absolute atomic E-state index is 0.0948. The van der Waals surface area contributed by atoms with Crippen molar-refractivity contribution in [2.45, 2.75) is 49.9 Å². The first kappa shape index (κ1) is 20.2. The van der Waals surface area contributed by atoms with Crippen molar-refractivity contribution >= 4 is 35.0 Å². The summed E-state index contributed by atoms with van der Waals surface area (Å²) < 4.78 is 0.749. The summed E-state index contributed by atoms with van der Waals surface area (Å²) in [6.07, 6.45) is 3.84. The molecule has 0 radical (unpaired) electrons. The third-order valence-corrected chi connectivity index (χ3v) is 6.26. The molecule has 0 bridgehead atoms. The number of likely N-dealkylation sites (tertiary alicyclic amines) is 1. The number of carbonyl (C=O) groups is 2. The molecule has 2 rings (SSSR count). The van der Waals surface area contributed by atoms with Crippen molar-refractivity contribution in [1.29, 1.82) is 0 Å². The molecule has 1 aromatic rings. The van der Waals surface area contributed by atoms with Crippen molar-refractivity contribution in [3.8, 4) is 0 Å². The van der Waals surface area contributed by atoms with Gasteiger partial charge in [-0.25, -0.2) is 9.78 Å². The summed E-state index contributed by atoms with van der Waals surface area (Å²) >= 11 is 2.87. The quantitative estimate of drug-likeness (QED) is 0.590. The predicted octanol–water partition coefficient (Wildman–Crippen LogP) is 3.05. The number of thioether (sulfide) groups is 1. The number of hydrogen-bond acceptors (Lipinski definition) is 6. The lowest BCUT2D eigenvalue weighted by molar-refractivity contribution is -0.128. The minimum Gasteiger partial charge on any atom is -0.476 e. The summed E-state index contributed by atoms with van der Waals surface area (Å²) in [4.78, 5) is 31.6. The maximum atomic E-state index is 12.2. The van der Waals surface area contributed by atoms with Crippen molar-refractivity contribution < 1.29 is 14.7 Å². The number of nitrogens with zero attached hydrogens (tertiary/aromatic N) is 3. The van der Waals surface area contributed by atoms with E-state index in [0.717, 1.165) is 49.0 Å². The predicted molar refractivity (Wildman–Crippen MR) is 102 cm³/mol. The summed E-state index contributed by atoms with van der Waals surface area (Å²) in [5.74, 6) is -0.00940. The number of rotatable bonds is 11. The fourth-order valence-electron chi connectivity index (χ4n) is 3.17. The van der Waals surface area contributed by atoms with Gasteiger partial charge in [0.05, 0.1) is 0 Å². The second-order valence-electron chi connectivity index (χ2n) is 6.23. The Kier molecular flexibility index (Phi) is 8.18. The average Bonchev–Trinajstić information content (AvgIpc) is 3.17. The highest BCUT2D eigenvalue weighted by atomic mass is 32.2. The molecule has 1 aliphatic rings. The molecule has 1 amide bonds. The Morgan fingerprint density at radius 2 is 2.16 bits per heavy atom. The highest BCUT2D eigenvalue weighted by molar-refractivity contribution is 8.01. The molecule has 140 valence electrons. The fourth-order valence-corrected chi connectivity index (χ4v) is 4.98. The van der Waals surface area contributed by atoms with Crippen LogP contribution in [0.5, 0.6) is 0 Å². The lowest BCUT2D eigenvalue weighted by Gasteiger charge is -2.30. The molecule has 1 N–H and O–H groups in total. The van der Waals surface area contributed by atoms with Gasteiger partial charge < -0.3 is 14.9 Å². The number of carboxylic acids is 1. The van der Waals surface area contributed by atoms with E-state index in [9.17, 15) is 9.59 Å². The summed E-state index contributed by atoms with van der Waals surface area (Å²) in [5, 5.41) is 10.5. The van der Waals surface area contributed by atoms with E-state index in [4.69, 9.17) is 5.11 Å². The number of aromatic nitrogens is 1. The molecule has 0 spiro atoms. The SMILES string of the molecule is CCCN(CCC)C[C@H]1CCC(=O)N1CCSc1nc(C(=O)O)cs1. The summed E-state index contributed by atoms with van der Waals surface area (Å²) in [5.41, 5.74) is 0.0948. The van der Waals surface area contributed by atoms with Crippen molar-refractivity contribution in [1.82, 2.24) is 14.8 Å². The number of carbonyl (C=O) groups excluding carboxylic acids is 1. The molecule has 0 unspecified atom stereocenters. The maximum Gasteiger partial charge on any atom is 0.355 e. The van der Waals surface area contributed by atoms with E-state index in [0.29, 0.717) is 19.0 Å². The highest BCUT2D eigenvalue weighted by Crippen LogP contribution is 2.25. The number of thiazole rings is 1. The van der Waals surface area contributed by atoms with Crippen LogP contribution in [0.2, 0.25) is 0 Å². The second kappa shape index (κ2) is 10.1. The molecule has 1 saturated heterocycles. The molecule has 0 aromatic carbocycles. The Morgan fingerprint density at radius 3 is 2.76 bits per heavy atom. The van der Waals surface area contributed by atoms with Crippen LogP contribution in [0.1, 0.15) is 50.0 Å². The summed E-state index contributed by atoms with van der Waals surface area (Å²) in [6, 6.07) is 0.303. The van der Waals surface area contributed by atoms with Crippen LogP contribution in [-0.2, 0) is 4.79 Å². The third-order valence-electron chi connectivity index (χ3n) is 4.26. The molecule has 1 aromatic heterocycles. The van der Waals surface area contributed by atoms with Crippen molar-refractivity contribution in [2.24, 2.45) is 0 Å². The van der Waals surface area contributed by atoms with Gasteiger partial charge in [-0.1, -0.05) is 25.6 Å². The van der Waals surface area contributed by atoms with E-state index in [1.54, 1.807) is 5.38 Å². The molecule has 0 saturated carbocycles. The first-order valence-corrected chi connectivity index (χ1v) is 10.7. The molecule has 8 heteroatoms. The van der Waals surface area contributed by atoms with E-state index in [-0.39, 0.29) is 11.6 Å². The number of carboxylic acid groups (broad SMARTS) is 1. The van der Waals surface area contributed by atoms with Gasteiger partial charge in [0.1, 0.15) is 0 Å². The Hall–Kier alpha value is -1.12. The van der Waals surface area contributed by atoms with Crippen LogP contribution in [0.3, 0.4) is 0 Å². The van der Waals surface area contributed by atoms with Gasteiger partial charge in [0, 0.05) is 36.7 Å². The molecule has 6 nitrogen and oxygen atoms in total. The summed E-state index contributed by atoms with van der Waals surface area (Å²) in [6.45, 7) is 8.20. The molecule has 2 heterocycles. The Balaban J connectivity index is 1.84. The molecule has 25 heavy (non-hydrogen) atoms. The second-order valence-corrected chi connectivity index (χ2v) is 8.43. The monoisotopic (exact) mass is 385 g/mol. The third kappa shape index (κ3) is 5.97. The zero-order valence-electron chi connectivity index (χ0n) is 14.9. The zero-order chi connectivity index (χ0) is 18.2. The Labute approximate surface area is 157 Å². The van der Waals surface area contributed by atoms with E-state index < -0.39 is 5.97 Å². The van der Waals surface area contributed by atoms with E-state index in [1.807, 2.05) is 4.90 Å². The van der Waals surface area contributed by atoms with Crippen molar-refractivity contribution in [2.75, 3.05) is 31.9 Å². The van der Waals surface area contributed by atoms with Gasteiger partial charge in [-0.15, -0.1) is 11.3 Å². The molecular formula is C17H27N3O3S2. The molecule has 1 atom stereocenters. The van der Waals surface area contributed by atoms with Gasteiger partial charge in [-0.05, 0) is 32.4 Å². The normalized spacial score (nSPS) is 17.6. The molecular weight excluding hydrogens is 358 g/mol. The first-order valence-electron chi connectivity index (χ1n) is 8.88. The van der Waals surface area contributed by atoms with Crippen LogP contribution in [0, 0.1) is 0 Å². The largest absolute Gasteiger partial charge is 0.476 e. The molecule has 1 fully saturated rings. The van der Waals surface area contributed by atoms with Gasteiger partial charge in [0.25, 0.3) is 0 Å². The van der Waals surface area contributed by atoms with Gasteiger partial charge in [0.2, 0.25) is 5.91 Å². The molecule has 0 aliphatic carbocycles. The maximum absolute atomic E-state index is 12.2. The van der Waals surface area contributed by atoms with Gasteiger partial charge in [0.15, 0.2) is 10.0 Å². The van der Waals surface area contributed by atoms with Gasteiger partial charge >= 0.3 is 5.97 Å². The minimum atomic E-state index is -0.996. The van der Waals surface area contributed by atoms with Crippen LogP contribution in [0.25, 0.3) is 0 Å². The Bertz CT molecular complexity index is 573.